The Bertz CT molecular complexity index is 865. The first-order chi connectivity index (χ1) is 11.9. The maximum Gasteiger partial charge on any atom is 0.0403 e. The summed E-state index contributed by atoms with van der Waals surface area (Å²) >= 11 is 2.04. The van der Waals surface area contributed by atoms with Crippen molar-refractivity contribution in [3.8, 4) is 0 Å². The highest BCUT2D eigenvalue weighted by Crippen LogP contribution is 2.41. The van der Waals surface area contributed by atoms with Gasteiger partial charge < -0.3 is 0 Å². The normalized spacial score (nSPS) is 19.4. The van der Waals surface area contributed by atoms with Crippen molar-refractivity contribution in [1.29, 1.82) is 0 Å². The lowest BCUT2D eigenvalue weighted by Gasteiger charge is -2.40. The monoisotopic (exact) mass is 331 g/mol. The first-order valence-corrected chi connectivity index (χ1v) is 9.65. The van der Waals surface area contributed by atoms with E-state index in [0.717, 1.165) is 13.0 Å². The Labute approximate surface area is 147 Å². The highest BCUT2D eigenvalue weighted by atomic mass is 32.1. The summed E-state index contributed by atoms with van der Waals surface area (Å²) in [4.78, 5) is 5.83. The predicted octanol–water partition coefficient (Wildman–Crippen LogP) is 4.99. The SMILES string of the molecule is c1ccc(Cc2cc3c(s2)CCN2Cc4ccccc4CC32)cc1. The van der Waals surface area contributed by atoms with E-state index in [2.05, 4.69) is 65.6 Å². The zero-order chi connectivity index (χ0) is 15.9. The van der Waals surface area contributed by atoms with Gasteiger partial charge >= 0.3 is 0 Å². The molecule has 0 saturated heterocycles. The second-order valence-corrected chi connectivity index (χ2v) is 8.18. The lowest BCUT2D eigenvalue weighted by atomic mass is 9.87. The number of fused-ring (bicyclic) bond motifs is 4. The third kappa shape index (κ3) is 2.51. The minimum atomic E-state index is 0.587. The summed E-state index contributed by atoms with van der Waals surface area (Å²) in [7, 11) is 0. The summed E-state index contributed by atoms with van der Waals surface area (Å²) in [5.74, 6) is 0. The summed E-state index contributed by atoms with van der Waals surface area (Å²) in [6.07, 6.45) is 3.46. The fraction of sp³-hybridized carbons (Fsp3) is 0.273. The second-order valence-electron chi connectivity index (χ2n) is 6.96. The Kier molecular flexibility index (Phi) is 3.53. The minimum absolute atomic E-state index is 0.587. The van der Waals surface area contributed by atoms with Gasteiger partial charge in [0.2, 0.25) is 0 Å². The number of rotatable bonds is 2. The molecule has 120 valence electrons. The van der Waals surface area contributed by atoms with Crippen LogP contribution in [0.25, 0.3) is 0 Å². The van der Waals surface area contributed by atoms with Gasteiger partial charge in [-0.1, -0.05) is 54.6 Å². The van der Waals surface area contributed by atoms with Crippen molar-refractivity contribution in [2.75, 3.05) is 6.54 Å². The van der Waals surface area contributed by atoms with Gasteiger partial charge in [0.05, 0.1) is 0 Å². The highest BCUT2D eigenvalue weighted by Gasteiger charge is 2.33. The van der Waals surface area contributed by atoms with Crippen molar-refractivity contribution in [3.05, 3.63) is 92.7 Å². The number of benzene rings is 2. The molecule has 2 aliphatic rings. The van der Waals surface area contributed by atoms with Crippen LogP contribution < -0.4 is 0 Å². The van der Waals surface area contributed by atoms with Crippen LogP contribution >= 0.6 is 11.3 Å². The molecule has 1 nitrogen and oxygen atoms in total. The van der Waals surface area contributed by atoms with Crippen molar-refractivity contribution in [3.63, 3.8) is 0 Å². The Morgan fingerprint density at radius 3 is 2.62 bits per heavy atom. The molecular weight excluding hydrogens is 310 g/mol. The summed E-state index contributed by atoms with van der Waals surface area (Å²) in [5.41, 5.74) is 6.09. The lowest BCUT2D eigenvalue weighted by Crippen LogP contribution is -2.38. The quantitative estimate of drug-likeness (QED) is 0.639. The maximum absolute atomic E-state index is 2.68. The molecule has 0 spiro atoms. The summed E-state index contributed by atoms with van der Waals surface area (Å²) in [5, 5.41) is 0. The van der Waals surface area contributed by atoms with Gasteiger partial charge in [-0.05, 0) is 41.2 Å². The number of hydrogen-bond acceptors (Lipinski definition) is 2. The van der Waals surface area contributed by atoms with E-state index in [9.17, 15) is 0 Å². The molecule has 1 aromatic heterocycles. The van der Waals surface area contributed by atoms with Gasteiger partial charge in [-0.15, -0.1) is 11.3 Å². The number of hydrogen-bond donors (Lipinski definition) is 0. The number of thiophene rings is 1. The molecule has 0 bridgehead atoms. The fourth-order valence-corrected chi connectivity index (χ4v) is 5.47. The summed E-state index contributed by atoms with van der Waals surface area (Å²) < 4.78 is 0. The molecule has 2 aliphatic heterocycles. The molecule has 24 heavy (non-hydrogen) atoms. The minimum Gasteiger partial charge on any atom is -0.291 e. The van der Waals surface area contributed by atoms with E-state index in [4.69, 9.17) is 0 Å². The van der Waals surface area contributed by atoms with E-state index in [1.54, 1.807) is 16.0 Å². The van der Waals surface area contributed by atoms with Crippen LogP contribution in [0, 0.1) is 0 Å². The average Bonchev–Trinajstić information content (AvgIpc) is 3.04. The largest absolute Gasteiger partial charge is 0.291 e. The molecule has 3 heterocycles. The second kappa shape index (κ2) is 5.87. The molecule has 0 aliphatic carbocycles. The summed E-state index contributed by atoms with van der Waals surface area (Å²) in [6.45, 7) is 2.32. The molecule has 2 heteroatoms. The average molecular weight is 331 g/mol. The molecule has 3 aromatic rings. The molecule has 0 radical (unpaired) electrons. The van der Waals surface area contributed by atoms with Gasteiger partial charge in [0, 0.05) is 35.3 Å². The van der Waals surface area contributed by atoms with Crippen LogP contribution in [-0.4, -0.2) is 11.4 Å². The van der Waals surface area contributed by atoms with Crippen molar-refractivity contribution < 1.29 is 0 Å². The first kappa shape index (κ1) is 14.4. The summed E-state index contributed by atoms with van der Waals surface area (Å²) in [6, 6.07) is 22.9. The van der Waals surface area contributed by atoms with Gasteiger partial charge in [0.25, 0.3) is 0 Å². The molecule has 0 fully saturated rings. The Morgan fingerprint density at radius 1 is 0.958 bits per heavy atom. The molecule has 1 atom stereocenters. The van der Waals surface area contributed by atoms with Crippen LogP contribution in [0.2, 0.25) is 0 Å². The van der Waals surface area contributed by atoms with Crippen LogP contribution in [0.5, 0.6) is 0 Å². The van der Waals surface area contributed by atoms with Gasteiger partial charge in [0.1, 0.15) is 0 Å². The van der Waals surface area contributed by atoms with Crippen molar-refractivity contribution in [2.24, 2.45) is 0 Å². The Balaban J connectivity index is 1.46. The first-order valence-electron chi connectivity index (χ1n) is 8.83. The Hall–Kier alpha value is -1.90. The van der Waals surface area contributed by atoms with Gasteiger partial charge in [-0.2, -0.15) is 0 Å². The topological polar surface area (TPSA) is 3.24 Å². The third-order valence-corrected chi connectivity index (χ3v) is 6.66. The molecule has 1 unspecified atom stereocenters. The van der Waals surface area contributed by atoms with Crippen molar-refractivity contribution in [1.82, 2.24) is 4.90 Å². The molecular formula is C22H21NS. The van der Waals surface area contributed by atoms with Gasteiger partial charge in [-0.25, -0.2) is 0 Å². The molecule has 0 amide bonds. The van der Waals surface area contributed by atoms with E-state index in [-0.39, 0.29) is 0 Å². The zero-order valence-corrected chi connectivity index (χ0v) is 14.6. The van der Waals surface area contributed by atoms with Crippen molar-refractivity contribution in [2.45, 2.75) is 31.8 Å². The smallest absolute Gasteiger partial charge is 0.0403 e. The molecule has 5 rings (SSSR count). The zero-order valence-electron chi connectivity index (χ0n) is 13.7. The Morgan fingerprint density at radius 2 is 1.75 bits per heavy atom. The van der Waals surface area contributed by atoms with Gasteiger partial charge in [-0.3, -0.25) is 4.90 Å². The van der Waals surface area contributed by atoms with Crippen molar-refractivity contribution >= 4 is 11.3 Å². The van der Waals surface area contributed by atoms with Crippen LogP contribution in [0.1, 0.15) is 38.0 Å². The van der Waals surface area contributed by atoms with Gasteiger partial charge in [0.15, 0.2) is 0 Å². The van der Waals surface area contributed by atoms with E-state index < -0.39 is 0 Å². The molecule has 0 N–H and O–H groups in total. The van der Waals surface area contributed by atoms with Crippen LogP contribution in [-0.2, 0) is 25.8 Å². The van der Waals surface area contributed by atoms with E-state index in [1.807, 2.05) is 11.3 Å². The lowest BCUT2D eigenvalue weighted by molar-refractivity contribution is 0.162. The fourth-order valence-electron chi connectivity index (χ4n) is 4.23. The van der Waals surface area contributed by atoms with E-state index >= 15 is 0 Å². The molecule has 2 aromatic carbocycles. The molecule has 0 saturated carbocycles. The predicted molar refractivity (Wildman–Crippen MR) is 101 cm³/mol. The van der Waals surface area contributed by atoms with E-state index in [1.165, 1.54) is 35.4 Å². The van der Waals surface area contributed by atoms with Crippen LogP contribution in [0.3, 0.4) is 0 Å². The number of nitrogens with zero attached hydrogens (tertiary/aromatic N) is 1. The standard InChI is InChI=1S/C22H21NS/c1-2-6-16(7-3-1)12-19-14-20-21-13-17-8-4-5-9-18(17)15-23(21)11-10-22(20)24-19/h1-9,14,21H,10-13,15H2. The van der Waals surface area contributed by atoms with Crippen LogP contribution in [0.4, 0.5) is 0 Å². The maximum atomic E-state index is 2.68. The highest BCUT2D eigenvalue weighted by molar-refractivity contribution is 7.12. The third-order valence-electron chi connectivity index (χ3n) is 5.44. The van der Waals surface area contributed by atoms with Crippen LogP contribution in [0.15, 0.2) is 60.7 Å². The van der Waals surface area contributed by atoms with E-state index in [0.29, 0.717) is 6.04 Å².